The van der Waals surface area contributed by atoms with E-state index in [1.807, 2.05) is 6.08 Å². The number of halogens is 2. The van der Waals surface area contributed by atoms with Crippen LogP contribution in [0, 0.1) is 5.92 Å². The van der Waals surface area contributed by atoms with Crippen LogP contribution in [0.1, 0.15) is 25.7 Å². The summed E-state index contributed by atoms with van der Waals surface area (Å²) in [4.78, 5) is 13.9. The lowest BCUT2D eigenvalue weighted by Gasteiger charge is -2.33. The maximum absolute atomic E-state index is 12.2. The van der Waals surface area contributed by atoms with Crippen LogP contribution >= 0.6 is 23.2 Å². The van der Waals surface area contributed by atoms with E-state index in [-0.39, 0.29) is 12.1 Å². The maximum Gasteiger partial charge on any atom is 0.415 e. The summed E-state index contributed by atoms with van der Waals surface area (Å²) < 4.78 is 5.37. The second-order valence-corrected chi connectivity index (χ2v) is 6.33. The Morgan fingerprint density at radius 2 is 1.91 bits per heavy atom. The van der Waals surface area contributed by atoms with Crippen LogP contribution in [-0.4, -0.2) is 30.0 Å². The smallest absolute Gasteiger partial charge is 0.410 e. The number of carbonyl (C=O) groups is 1. The summed E-state index contributed by atoms with van der Waals surface area (Å²) in [7, 11) is 1.80. The van der Waals surface area contributed by atoms with Crippen molar-refractivity contribution in [3.05, 3.63) is 41.4 Å². The van der Waals surface area contributed by atoms with E-state index in [9.17, 15) is 4.79 Å². The zero-order valence-electron chi connectivity index (χ0n) is 12.7. The summed E-state index contributed by atoms with van der Waals surface area (Å²) in [6.45, 7) is 0. The maximum atomic E-state index is 12.2. The Morgan fingerprint density at radius 3 is 2.50 bits per heavy atom. The van der Waals surface area contributed by atoms with Crippen LogP contribution in [0.3, 0.4) is 0 Å². The van der Waals surface area contributed by atoms with Crippen molar-refractivity contribution in [1.29, 1.82) is 0 Å². The fraction of sp³-hybridized carbons (Fsp3) is 0.471. The summed E-state index contributed by atoms with van der Waals surface area (Å²) in [6.07, 6.45) is 8.02. The molecule has 1 aliphatic rings. The second kappa shape index (κ2) is 8.44. The summed E-state index contributed by atoms with van der Waals surface area (Å²) in [6, 6.07) is 7.04. The first-order valence-corrected chi connectivity index (χ1v) is 8.44. The average Bonchev–Trinajstić information content (AvgIpc) is 2.55. The molecule has 5 heteroatoms. The highest BCUT2D eigenvalue weighted by molar-refractivity contribution is 6.30. The molecule has 0 spiro atoms. The van der Waals surface area contributed by atoms with Crippen LogP contribution in [0.4, 0.5) is 4.79 Å². The number of rotatable bonds is 4. The Labute approximate surface area is 141 Å². The average molecular weight is 342 g/mol. The van der Waals surface area contributed by atoms with Crippen LogP contribution < -0.4 is 4.74 Å². The van der Waals surface area contributed by atoms with Gasteiger partial charge in [0.1, 0.15) is 5.75 Å². The van der Waals surface area contributed by atoms with Crippen molar-refractivity contribution in [2.45, 2.75) is 31.7 Å². The van der Waals surface area contributed by atoms with Crippen molar-refractivity contribution in [2.24, 2.45) is 5.92 Å². The normalized spacial score (nSPS) is 21.8. The molecule has 1 aliphatic carbocycles. The number of alkyl halides is 1. The van der Waals surface area contributed by atoms with Crippen LogP contribution in [0.15, 0.2) is 36.4 Å². The molecule has 0 unspecified atom stereocenters. The van der Waals surface area contributed by atoms with Gasteiger partial charge in [0.25, 0.3) is 0 Å². The van der Waals surface area contributed by atoms with E-state index >= 15 is 0 Å². The molecule has 22 heavy (non-hydrogen) atoms. The Balaban J connectivity index is 1.84. The van der Waals surface area contributed by atoms with Gasteiger partial charge in [0.05, 0.1) is 0 Å². The van der Waals surface area contributed by atoms with Gasteiger partial charge in [-0.05, 0) is 55.9 Å². The Bertz CT molecular complexity index is 508. The van der Waals surface area contributed by atoms with Crippen LogP contribution in [0.25, 0.3) is 0 Å². The SMILES string of the molecule is CN(C(=O)Oc1ccc(Cl)cc1)[C@H]1CC[C@H](C=CCCl)CC1. The zero-order valence-corrected chi connectivity index (χ0v) is 14.2. The van der Waals surface area contributed by atoms with Crippen molar-refractivity contribution >= 4 is 29.3 Å². The van der Waals surface area contributed by atoms with Gasteiger partial charge in [-0.1, -0.05) is 23.8 Å². The second-order valence-electron chi connectivity index (χ2n) is 5.58. The summed E-state index contributed by atoms with van der Waals surface area (Å²) in [5.41, 5.74) is 0. The van der Waals surface area contributed by atoms with Crippen LogP contribution in [0.5, 0.6) is 5.75 Å². The number of benzene rings is 1. The molecule has 0 heterocycles. The molecule has 0 radical (unpaired) electrons. The van der Waals surface area contributed by atoms with Crippen LogP contribution in [-0.2, 0) is 0 Å². The van der Waals surface area contributed by atoms with Crippen molar-refractivity contribution < 1.29 is 9.53 Å². The number of nitrogens with zero attached hydrogens (tertiary/aromatic N) is 1. The quantitative estimate of drug-likeness (QED) is 0.561. The van der Waals surface area contributed by atoms with Gasteiger partial charge >= 0.3 is 6.09 Å². The molecule has 1 aromatic rings. The van der Waals surface area contributed by atoms with Gasteiger partial charge in [-0.3, -0.25) is 0 Å². The molecule has 2 rings (SSSR count). The molecule has 0 aliphatic heterocycles. The molecule has 1 fully saturated rings. The van der Waals surface area contributed by atoms with Gasteiger partial charge in [0.2, 0.25) is 0 Å². The first-order valence-electron chi connectivity index (χ1n) is 7.53. The summed E-state index contributed by atoms with van der Waals surface area (Å²) in [5, 5.41) is 0.622. The number of hydrogen-bond acceptors (Lipinski definition) is 2. The third kappa shape index (κ3) is 4.92. The van der Waals surface area contributed by atoms with Gasteiger partial charge in [0.15, 0.2) is 0 Å². The first kappa shape index (κ1) is 17.2. The molecule has 1 saturated carbocycles. The predicted molar refractivity (Wildman–Crippen MR) is 90.8 cm³/mol. The third-order valence-electron chi connectivity index (χ3n) is 4.09. The van der Waals surface area contributed by atoms with Crippen LogP contribution in [0.2, 0.25) is 5.02 Å². The number of allylic oxidation sites excluding steroid dienone is 2. The number of amides is 1. The van der Waals surface area contributed by atoms with Gasteiger partial charge in [-0.15, -0.1) is 11.6 Å². The van der Waals surface area contributed by atoms with E-state index in [1.54, 1.807) is 36.2 Å². The molecule has 0 saturated heterocycles. The largest absolute Gasteiger partial charge is 0.415 e. The predicted octanol–water partition coefficient (Wildman–Crippen LogP) is 5.12. The molecule has 0 aromatic heterocycles. The van der Waals surface area contributed by atoms with E-state index in [1.165, 1.54) is 0 Å². The molecule has 3 nitrogen and oxygen atoms in total. The summed E-state index contributed by atoms with van der Waals surface area (Å²) in [5.74, 6) is 1.66. The van der Waals surface area contributed by atoms with E-state index in [2.05, 4.69) is 6.08 Å². The molecule has 1 aromatic carbocycles. The highest BCUT2D eigenvalue weighted by Crippen LogP contribution is 2.28. The Hall–Kier alpha value is -1.19. The minimum Gasteiger partial charge on any atom is -0.410 e. The zero-order chi connectivity index (χ0) is 15.9. The lowest BCUT2D eigenvalue weighted by atomic mass is 9.85. The molecule has 120 valence electrons. The fourth-order valence-electron chi connectivity index (χ4n) is 2.75. The lowest BCUT2D eigenvalue weighted by Crippen LogP contribution is -2.40. The number of hydrogen-bond donors (Lipinski definition) is 0. The lowest BCUT2D eigenvalue weighted by molar-refractivity contribution is 0.128. The van der Waals surface area contributed by atoms with Crippen molar-refractivity contribution in [3.8, 4) is 5.75 Å². The fourth-order valence-corrected chi connectivity index (χ4v) is 2.98. The number of ether oxygens (including phenoxy) is 1. The highest BCUT2D eigenvalue weighted by Gasteiger charge is 2.26. The minimum atomic E-state index is -0.318. The van der Waals surface area contributed by atoms with Gasteiger partial charge in [-0.2, -0.15) is 0 Å². The van der Waals surface area contributed by atoms with E-state index in [0.717, 1.165) is 25.7 Å². The molecular weight excluding hydrogens is 321 g/mol. The molecule has 0 bridgehead atoms. The molecule has 0 N–H and O–H groups in total. The Morgan fingerprint density at radius 1 is 1.27 bits per heavy atom. The first-order chi connectivity index (χ1) is 10.6. The van der Waals surface area contributed by atoms with Gasteiger partial charge in [0, 0.05) is 24.0 Å². The van der Waals surface area contributed by atoms with E-state index in [4.69, 9.17) is 27.9 Å². The van der Waals surface area contributed by atoms with Crippen molar-refractivity contribution in [2.75, 3.05) is 12.9 Å². The molecule has 1 amide bonds. The number of carbonyl (C=O) groups excluding carboxylic acids is 1. The van der Waals surface area contributed by atoms with Crippen molar-refractivity contribution in [3.63, 3.8) is 0 Å². The molecular formula is C17H21Cl2NO2. The minimum absolute atomic E-state index is 0.237. The highest BCUT2D eigenvalue weighted by atomic mass is 35.5. The standard InChI is InChI=1S/C17H21Cl2NO2/c1-20(15-8-4-13(5-9-15)3-2-12-18)17(21)22-16-10-6-14(19)7-11-16/h2-3,6-7,10-11,13,15H,4-5,8-9,12H2,1H3/t13-,15-. The monoisotopic (exact) mass is 341 g/mol. The van der Waals surface area contributed by atoms with Gasteiger partial charge in [-0.25, -0.2) is 4.79 Å². The summed E-state index contributed by atoms with van der Waals surface area (Å²) >= 11 is 11.5. The Kier molecular flexibility index (Phi) is 6.59. The molecule has 0 atom stereocenters. The van der Waals surface area contributed by atoms with E-state index < -0.39 is 0 Å². The van der Waals surface area contributed by atoms with Gasteiger partial charge < -0.3 is 9.64 Å². The van der Waals surface area contributed by atoms with E-state index in [0.29, 0.717) is 22.6 Å². The topological polar surface area (TPSA) is 29.5 Å². The third-order valence-corrected chi connectivity index (χ3v) is 4.52. The van der Waals surface area contributed by atoms with Crippen molar-refractivity contribution in [1.82, 2.24) is 4.90 Å².